The first-order chi connectivity index (χ1) is 7.97. The Bertz CT molecular complexity index is 450. The molecule has 0 aromatic heterocycles. The van der Waals surface area contributed by atoms with Gasteiger partial charge in [-0.25, -0.2) is 0 Å². The van der Waals surface area contributed by atoms with E-state index in [1.807, 2.05) is 0 Å². The van der Waals surface area contributed by atoms with Gasteiger partial charge in [0, 0.05) is 24.1 Å². The van der Waals surface area contributed by atoms with Crippen molar-refractivity contribution in [3.63, 3.8) is 0 Å². The molecule has 0 radical (unpaired) electrons. The van der Waals surface area contributed by atoms with Crippen LogP contribution in [0.1, 0.15) is 10.4 Å². The largest absolute Gasteiger partial charge is 0.395 e. The number of rotatable bonds is 4. The minimum atomic E-state index is -0.606. The minimum absolute atomic E-state index is 0.00847. The molecule has 7 heteroatoms. The average Bonchev–Trinajstić information content (AvgIpc) is 2.28. The molecule has 17 heavy (non-hydrogen) atoms. The lowest BCUT2D eigenvalue weighted by Gasteiger charge is -2.15. The van der Waals surface area contributed by atoms with Crippen LogP contribution < -0.4 is 0 Å². The van der Waals surface area contributed by atoms with Gasteiger partial charge < -0.3 is 10.0 Å². The molecule has 0 bridgehead atoms. The van der Waals surface area contributed by atoms with Crippen molar-refractivity contribution >= 4 is 27.5 Å². The van der Waals surface area contributed by atoms with Crippen molar-refractivity contribution < 1.29 is 14.8 Å². The molecule has 0 spiro atoms. The Balaban J connectivity index is 3.13. The third-order valence-electron chi connectivity index (χ3n) is 2.17. The molecule has 1 amide bonds. The number of carbonyl (C=O) groups is 1. The first-order valence-corrected chi connectivity index (χ1v) is 5.57. The third-order valence-corrected chi connectivity index (χ3v) is 2.66. The molecule has 0 aliphatic heterocycles. The number of hydrogen-bond acceptors (Lipinski definition) is 4. The summed E-state index contributed by atoms with van der Waals surface area (Å²) in [4.78, 5) is 23.3. The van der Waals surface area contributed by atoms with E-state index in [-0.39, 0.29) is 24.4 Å². The van der Waals surface area contributed by atoms with Crippen LogP contribution in [0.3, 0.4) is 0 Å². The van der Waals surface area contributed by atoms with Gasteiger partial charge in [0.1, 0.15) is 5.56 Å². The van der Waals surface area contributed by atoms with E-state index in [0.717, 1.165) is 0 Å². The Morgan fingerprint density at radius 1 is 1.59 bits per heavy atom. The smallest absolute Gasteiger partial charge is 0.283 e. The van der Waals surface area contributed by atoms with Crippen molar-refractivity contribution in [2.45, 2.75) is 0 Å². The zero-order valence-corrected chi connectivity index (χ0v) is 10.7. The number of carbonyl (C=O) groups excluding carboxylic acids is 1. The Hall–Kier alpha value is -1.47. The second-order valence-corrected chi connectivity index (χ2v) is 4.28. The number of benzene rings is 1. The molecule has 0 aliphatic rings. The molecule has 0 fully saturated rings. The zero-order valence-electron chi connectivity index (χ0n) is 9.09. The van der Waals surface area contributed by atoms with Gasteiger partial charge in [-0.3, -0.25) is 14.9 Å². The Labute approximate surface area is 106 Å². The monoisotopic (exact) mass is 302 g/mol. The van der Waals surface area contributed by atoms with Crippen molar-refractivity contribution in [1.29, 1.82) is 0 Å². The highest BCUT2D eigenvalue weighted by Gasteiger charge is 2.22. The number of aliphatic hydroxyl groups excluding tert-OH is 1. The highest BCUT2D eigenvalue weighted by Crippen LogP contribution is 2.24. The number of nitro benzene ring substituents is 1. The molecular weight excluding hydrogens is 292 g/mol. The van der Waals surface area contributed by atoms with E-state index in [4.69, 9.17) is 5.11 Å². The zero-order chi connectivity index (χ0) is 13.0. The normalized spacial score (nSPS) is 10.1. The number of hydrogen-bond donors (Lipinski definition) is 1. The maximum Gasteiger partial charge on any atom is 0.283 e. The van der Waals surface area contributed by atoms with E-state index in [0.29, 0.717) is 4.47 Å². The summed E-state index contributed by atoms with van der Waals surface area (Å²) in [6.45, 7) is -0.0569. The van der Waals surface area contributed by atoms with Crippen LogP contribution in [-0.4, -0.2) is 41.0 Å². The standard InChI is InChI=1S/C10H11BrN2O4/c1-12(4-5-14)10(15)8-3-2-7(11)6-9(8)13(16)17/h2-3,6,14H,4-5H2,1H3. The highest BCUT2D eigenvalue weighted by molar-refractivity contribution is 9.10. The van der Waals surface area contributed by atoms with E-state index in [2.05, 4.69) is 15.9 Å². The van der Waals surface area contributed by atoms with Crippen LogP contribution in [0.4, 0.5) is 5.69 Å². The number of nitro groups is 1. The van der Waals surface area contributed by atoms with Gasteiger partial charge in [0.15, 0.2) is 0 Å². The molecule has 1 aromatic carbocycles. The lowest BCUT2D eigenvalue weighted by Crippen LogP contribution is -2.29. The predicted molar refractivity (Wildman–Crippen MR) is 64.8 cm³/mol. The number of nitrogens with zero attached hydrogens (tertiary/aromatic N) is 2. The van der Waals surface area contributed by atoms with E-state index in [1.165, 1.54) is 24.1 Å². The van der Waals surface area contributed by atoms with Crippen molar-refractivity contribution in [1.82, 2.24) is 4.90 Å². The molecule has 0 atom stereocenters. The van der Waals surface area contributed by atoms with Crippen LogP contribution in [-0.2, 0) is 0 Å². The van der Waals surface area contributed by atoms with Crippen LogP contribution in [0, 0.1) is 10.1 Å². The maximum absolute atomic E-state index is 11.9. The molecule has 6 nitrogen and oxygen atoms in total. The van der Waals surface area contributed by atoms with Gasteiger partial charge in [-0.15, -0.1) is 0 Å². The van der Waals surface area contributed by atoms with Crippen LogP contribution in [0.2, 0.25) is 0 Å². The topological polar surface area (TPSA) is 83.7 Å². The van der Waals surface area contributed by atoms with Gasteiger partial charge >= 0.3 is 0 Å². The summed E-state index contributed by atoms with van der Waals surface area (Å²) < 4.78 is 0.533. The summed E-state index contributed by atoms with van der Waals surface area (Å²) in [6, 6.07) is 4.23. The summed E-state index contributed by atoms with van der Waals surface area (Å²) >= 11 is 3.11. The van der Waals surface area contributed by atoms with Gasteiger partial charge in [-0.2, -0.15) is 0 Å². The molecule has 0 unspecified atom stereocenters. The second kappa shape index (κ2) is 5.74. The summed E-state index contributed by atoms with van der Waals surface area (Å²) in [5.41, 5.74) is -0.247. The summed E-state index contributed by atoms with van der Waals surface area (Å²) in [6.07, 6.45) is 0. The van der Waals surface area contributed by atoms with Crippen LogP contribution in [0.15, 0.2) is 22.7 Å². The molecular formula is C10H11BrN2O4. The number of aliphatic hydroxyl groups is 1. The van der Waals surface area contributed by atoms with E-state index in [9.17, 15) is 14.9 Å². The first-order valence-electron chi connectivity index (χ1n) is 4.77. The van der Waals surface area contributed by atoms with Gasteiger partial charge in [-0.05, 0) is 12.1 Å². The lowest BCUT2D eigenvalue weighted by atomic mass is 10.1. The third kappa shape index (κ3) is 3.24. The number of amides is 1. The molecule has 92 valence electrons. The summed E-state index contributed by atoms with van der Waals surface area (Å²) in [5, 5.41) is 19.5. The molecule has 0 aliphatic carbocycles. The van der Waals surface area contributed by atoms with Crippen LogP contribution >= 0.6 is 15.9 Å². The fourth-order valence-corrected chi connectivity index (χ4v) is 1.64. The van der Waals surface area contributed by atoms with E-state index in [1.54, 1.807) is 6.07 Å². The lowest BCUT2D eigenvalue weighted by molar-refractivity contribution is -0.385. The SMILES string of the molecule is CN(CCO)C(=O)c1ccc(Br)cc1[N+](=O)[O-]. The van der Waals surface area contributed by atoms with Gasteiger partial charge in [0.05, 0.1) is 11.5 Å². The fourth-order valence-electron chi connectivity index (χ4n) is 1.29. The predicted octanol–water partition coefficient (Wildman–Crippen LogP) is 1.42. The molecule has 1 rings (SSSR count). The molecule has 0 saturated heterocycles. The minimum Gasteiger partial charge on any atom is -0.395 e. The van der Waals surface area contributed by atoms with Crippen molar-refractivity contribution in [3.05, 3.63) is 38.3 Å². The van der Waals surface area contributed by atoms with Gasteiger partial charge in [-0.1, -0.05) is 15.9 Å². The number of halogens is 1. The Kier molecular flexibility index (Phi) is 4.59. The Morgan fingerprint density at radius 2 is 2.24 bits per heavy atom. The molecule has 1 aromatic rings. The maximum atomic E-state index is 11.9. The highest BCUT2D eigenvalue weighted by atomic mass is 79.9. The summed E-state index contributed by atoms with van der Waals surface area (Å²) in [5.74, 6) is -0.488. The Morgan fingerprint density at radius 3 is 2.76 bits per heavy atom. The van der Waals surface area contributed by atoms with Gasteiger partial charge in [0.2, 0.25) is 0 Å². The van der Waals surface area contributed by atoms with Crippen LogP contribution in [0.5, 0.6) is 0 Å². The van der Waals surface area contributed by atoms with Gasteiger partial charge in [0.25, 0.3) is 11.6 Å². The van der Waals surface area contributed by atoms with Crippen LogP contribution in [0.25, 0.3) is 0 Å². The van der Waals surface area contributed by atoms with Crippen molar-refractivity contribution in [2.24, 2.45) is 0 Å². The fraction of sp³-hybridized carbons (Fsp3) is 0.300. The number of likely N-dealkylation sites (N-methyl/N-ethyl adjacent to an activating group) is 1. The first kappa shape index (κ1) is 13.6. The molecule has 0 heterocycles. The average molecular weight is 303 g/mol. The molecule has 1 N–H and O–H groups in total. The molecule has 0 saturated carbocycles. The van der Waals surface area contributed by atoms with E-state index >= 15 is 0 Å². The second-order valence-electron chi connectivity index (χ2n) is 3.37. The summed E-state index contributed by atoms with van der Waals surface area (Å²) in [7, 11) is 1.48. The van der Waals surface area contributed by atoms with E-state index < -0.39 is 10.8 Å². The van der Waals surface area contributed by atoms with Crippen molar-refractivity contribution in [2.75, 3.05) is 20.2 Å². The van der Waals surface area contributed by atoms with Crippen molar-refractivity contribution in [3.8, 4) is 0 Å². The quantitative estimate of drug-likeness (QED) is 0.673.